The van der Waals surface area contributed by atoms with Crippen LogP contribution in [0.2, 0.25) is 0 Å². The predicted octanol–water partition coefficient (Wildman–Crippen LogP) is 2.06. The number of pyridine rings is 1. The minimum atomic E-state index is -0.593. The predicted molar refractivity (Wildman–Crippen MR) is 147 cm³/mol. The number of H-pyrrole nitrogens is 1. The van der Waals surface area contributed by atoms with Crippen LogP contribution >= 0.6 is 0 Å². The summed E-state index contributed by atoms with van der Waals surface area (Å²) < 4.78 is 6.42. The van der Waals surface area contributed by atoms with Crippen molar-refractivity contribution in [1.82, 2.24) is 24.7 Å². The number of rotatable bonds is 9. The Morgan fingerprint density at radius 1 is 0.974 bits per heavy atom. The maximum atomic E-state index is 13.7. The molecule has 2 aromatic carbocycles. The van der Waals surface area contributed by atoms with Crippen LogP contribution < -0.4 is 62.7 Å². The molecule has 0 aliphatic carbocycles. The van der Waals surface area contributed by atoms with Gasteiger partial charge in [0.1, 0.15) is 5.82 Å². The topological polar surface area (TPSA) is 107 Å². The normalized spacial score (nSPS) is 10.8. The van der Waals surface area contributed by atoms with Gasteiger partial charge in [-0.3, -0.25) is 23.9 Å². The Bertz CT molecular complexity index is 1660. The zero-order chi connectivity index (χ0) is 26.5. The number of benzene rings is 2. The Kier molecular flexibility index (Phi) is 9.98. The van der Waals surface area contributed by atoms with Crippen LogP contribution in [0.15, 0.2) is 87.0 Å². The van der Waals surface area contributed by atoms with Crippen molar-refractivity contribution >= 4 is 0 Å². The summed E-state index contributed by atoms with van der Waals surface area (Å²) in [5.41, 5.74) is 6.08. The minimum absolute atomic E-state index is 0. The van der Waals surface area contributed by atoms with Crippen molar-refractivity contribution in [2.45, 2.75) is 46.1 Å². The van der Waals surface area contributed by atoms with E-state index >= 15 is 0 Å². The molecule has 0 unspecified atom stereocenters. The smallest absolute Gasteiger partial charge is 1.00 e. The van der Waals surface area contributed by atoms with Crippen LogP contribution in [0.3, 0.4) is 0 Å². The molecule has 0 atom stereocenters. The molecule has 0 fully saturated rings. The van der Waals surface area contributed by atoms with Crippen LogP contribution in [0, 0.1) is 6.92 Å². The average molecular weight is 548 g/mol. The van der Waals surface area contributed by atoms with Gasteiger partial charge in [-0.15, -0.1) is 0 Å². The quantitative estimate of drug-likeness (QED) is 0.283. The Morgan fingerprint density at radius 3 is 2.38 bits per heavy atom. The third kappa shape index (κ3) is 6.80. The first kappa shape index (κ1) is 29.0. The van der Waals surface area contributed by atoms with Gasteiger partial charge in [-0.05, 0) is 48.6 Å². The summed E-state index contributed by atoms with van der Waals surface area (Å²) >= 11 is 0. The number of aromatic amines is 1. The van der Waals surface area contributed by atoms with Crippen molar-refractivity contribution < 1.29 is 57.3 Å². The van der Waals surface area contributed by atoms with Crippen LogP contribution in [0.25, 0.3) is 22.5 Å². The third-order valence-corrected chi connectivity index (χ3v) is 6.62. The fourth-order valence-electron chi connectivity index (χ4n) is 4.62. The van der Waals surface area contributed by atoms with Crippen molar-refractivity contribution in [2.75, 3.05) is 0 Å². The average Bonchev–Trinajstić information content (AvgIpc) is 3.38. The molecule has 3 aromatic heterocycles. The largest absolute Gasteiger partial charge is 1.00 e. The van der Waals surface area contributed by atoms with Crippen molar-refractivity contribution in [3.63, 3.8) is 0 Å². The Morgan fingerprint density at radius 2 is 1.72 bits per heavy atom. The van der Waals surface area contributed by atoms with Gasteiger partial charge >= 0.3 is 57.1 Å². The number of hydrogen-bond donors (Lipinski definition) is 1. The number of nitrogens with one attached hydrogen (secondary N) is 1. The Labute approximate surface area is 270 Å². The van der Waals surface area contributed by atoms with E-state index in [1.165, 1.54) is 0 Å². The minimum Gasteiger partial charge on any atom is -1.00 e. The summed E-state index contributed by atoms with van der Waals surface area (Å²) in [6.45, 7) is 4.41. The van der Waals surface area contributed by atoms with E-state index in [0.717, 1.165) is 58.5 Å². The fourth-order valence-corrected chi connectivity index (χ4v) is 4.62. The number of aryl methyl sites for hydroxylation is 2. The van der Waals surface area contributed by atoms with Crippen molar-refractivity contribution in [1.29, 1.82) is 0 Å². The van der Waals surface area contributed by atoms with Crippen molar-refractivity contribution in [3.05, 3.63) is 122 Å². The zero-order valence-electron chi connectivity index (χ0n) is 23.5. The van der Waals surface area contributed by atoms with Crippen LogP contribution in [-0.2, 0) is 19.4 Å². The Hall–Kier alpha value is -2.95. The second kappa shape index (κ2) is 13.4. The summed E-state index contributed by atoms with van der Waals surface area (Å²) in [6.07, 6.45) is 5.00. The van der Waals surface area contributed by atoms with E-state index in [-0.39, 0.29) is 58.4 Å². The number of unbranched alkanes of at least 4 members (excludes halogenated alkanes) is 1. The molecule has 0 bridgehead atoms. The molecule has 0 amide bonds. The van der Waals surface area contributed by atoms with Gasteiger partial charge in [0.25, 0.3) is 5.56 Å². The van der Waals surface area contributed by atoms with Crippen molar-refractivity contribution in [3.8, 4) is 22.5 Å². The van der Waals surface area contributed by atoms with Gasteiger partial charge < -0.3 is 1.43 Å². The number of aromatic nitrogens is 5. The van der Waals surface area contributed by atoms with E-state index in [1.54, 1.807) is 10.8 Å². The van der Waals surface area contributed by atoms with Gasteiger partial charge in [-0.25, -0.2) is 9.78 Å². The van der Waals surface area contributed by atoms with E-state index in [4.69, 9.17) is 9.51 Å². The monoisotopic (exact) mass is 547 g/mol. The molecule has 0 spiro atoms. The van der Waals surface area contributed by atoms with Crippen LogP contribution in [0.4, 0.5) is 0 Å². The van der Waals surface area contributed by atoms with Gasteiger partial charge in [-0.1, -0.05) is 73.1 Å². The van der Waals surface area contributed by atoms with E-state index in [9.17, 15) is 9.59 Å². The van der Waals surface area contributed by atoms with Gasteiger partial charge in [-0.2, -0.15) is 0 Å². The van der Waals surface area contributed by atoms with E-state index in [2.05, 4.69) is 22.0 Å². The molecule has 1 N–H and O–H groups in total. The summed E-state index contributed by atoms with van der Waals surface area (Å²) in [4.78, 5) is 37.1. The van der Waals surface area contributed by atoms with E-state index < -0.39 is 5.76 Å². The molecule has 0 radical (unpaired) electrons. The maximum Gasteiger partial charge on any atom is 1.00 e. The van der Waals surface area contributed by atoms with Crippen LogP contribution in [0.5, 0.6) is 0 Å². The second-order valence-corrected chi connectivity index (χ2v) is 9.26. The standard InChI is InChI=1S/C30H29N5O3.K.H/c1-3-4-12-27-26(29(36)35(20(2)32-27)19-23-9-7-8-17-31-23)18-21-13-15-22(16-14-21)24-10-5-6-11-25(24)28-33-30(37)38-34-28;;/h5-11,13-17H,3-4,12,18-19H2,1-2H3,(H,33,34,37);;/q;+1;-1. The second-order valence-electron chi connectivity index (χ2n) is 9.26. The first-order chi connectivity index (χ1) is 18.5. The maximum absolute atomic E-state index is 13.7. The van der Waals surface area contributed by atoms with Crippen LogP contribution in [-0.4, -0.2) is 24.7 Å². The number of hydrogen-bond acceptors (Lipinski definition) is 6. The summed E-state index contributed by atoms with van der Waals surface area (Å²) in [5.74, 6) is 0.493. The fraction of sp³-hybridized carbons (Fsp3) is 0.233. The molecule has 39 heavy (non-hydrogen) atoms. The molecular weight excluding hydrogens is 517 g/mol. The van der Waals surface area contributed by atoms with E-state index in [0.29, 0.717) is 24.6 Å². The first-order valence-corrected chi connectivity index (χ1v) is 12.8. The molecule has 0 saturated heterocycles. The first-order valence-electron chi connectivity index (χ1n) is 12.8. The van der Waals surface area contributed by atoms with E-state index in [1.807, 2.05) is 73.7 Å². The van der Waals surface area contributed by atoms with Gasteiger partial charge in [0.2, 0.25) is 0 Å². The molecular formula is C30H30KN5O3. The van der Waals surface area contributed by atoms with Gasteiger partial charge in [0.15, 0.2) is 5.82 Å². The molecule has 0 saturated carbocycles. The molecule has 9 heteroatoms. The van der Waals surface area contributed by atoms with Gasteiger partial charge in [0, 0.05) is 23.7 Å². The summed E-state index contributed by atoms with van der Waals surface area (Å²) in [5, 5.41) is 3.84. The summed E-state index contributed by atoms with van der Waals surface area (Å²) in [7, 11) is 0. The molecule has 0 aliphatic rings. The van der Waals surface area contributed by atoms with Gasteiger partial charge in [0.05, 0.1) is 17.9 Å². The summed E-state index contributed by atoms with van der Waals surface area (Å²) in [6, 6.07) is 21.5. The van der Waals surface area contributed by atoms with Crippen molar-refractivity contribution in [2.24, 2.45) is 0 Å². The zero-order valence-corrected chi connectivity index (χ0v) is 25.6. The van der Waals surface area contributed by atoms with Crippen LogP contribution in [0.1, 0.15) is 49.5 Å². The SMILES string of the molecule is CCCCc1nc(C)n(Cc2ccccn2)c(=O)c1Cc1ccc(-c2ccccc2-c2noc(=O)[nH]2)cc1.[H-].[K+]. The Balaban J connectivity index is 0.00000220. The molecule has 5 aromatic rings. The molecule has 8 nitrogen and oxygen atoms in total. The molecule has 5 rings (SSSR count). The molecule has 0 aliphatic heterocycles. The third-order valence-electron chi connectivity index (χ3n) is 6.62. The number of nitrogens with zero attached hydrogens (tertiary/aromatic N) is 4. The molecule has 194 valence electrons. The molecule has 3 heterocycles.